The monoisotopic (exact) mass is 314 g/mol. The first-order valence-corrected chi connectivity index (χ1v) is 6.86. The smallest absolute Gasteiger partial charge is 0.408 e. The van der Waals surface area contributed by atoms with Crippen LogP contribution in [0.25, 0.3) is 0 Å². The molecular formula is C14H19ClN2O4. The Morgan fingerprint density at radius 2 is 2.05 bits per heavy atom. The maximum Gasteiger partial charge on any atom is 0.408 e. The molecule has 6 nitrogen and oxygen atoms in total. The van der Waals surface area contributed by atoms with Crippen LogP contribution in [0.3, 0.4) is 0 Å². The second-order valence-corrected chi connectivity index (χ2v) is 6.14. The van der Waals surface area contributed by atoms with Crippen LogP contribution >= 0.6 is 11.6 Å². The van der Waals surface area contributed by atoms with Crippen molar-refractivity contribution in [1.29, 1.82) is 0 Å². The summed E-state index contributed by atoms with van der Waals surface area (Å²) in [5.41, 5.74) is -0.126. The van der Waals surface area contributed by atoms with Gasteiger partial charge >= 0.3 is 6.09 Å². The van der Waals surface area contributed by atoms with E-state index in [9.17, 15) is 14.9 Å². The number of amides is 1. The minimum absolute atomic E-state index is 0.444. The molecule has 1 aromatic rings. The molecule has 116 valence electrons. The molecule has 1 aromatic carbocycles. The van der Waals surface area contributed by atoms with Crippen LogP contribution in [0.5, 0.6) is 0 Å². The van der Waals surface area contributed by atoms with E-state index in [1.54, 1.807) is 45.0 Å². The average Bonchev–Trinajstić information content (AvgIpc) is 2.32. The quantitative estimate of drug-likeness (QED) is 0.680. The Bertz CT molecular complexity index is 528. The summed E-state index contributed by atoms with van der Waals surface area (Å²) in [6, 6.07) is 4.75. The highest BCUT2D eigenvalue weighted by atomic mass is 35.5. The number of nitrogens with one attached hydrogen (secondary N) is 1. The van der Waals surface area contributed by atoms with E-state index in [4.69, 9.17) is 16.3 Å². The molecule has 1 N–H and O–H groups in total. The zero-order valence-corrected chi connectivity index (χ0v) is 13.2. The largest absolute Gasteiger partial charge is 0.444 e. The second-order valence-electron chi connectivity index (χ2n) is 5.70. The summed E-state index contributed by atoms with van der Waals surface area (Å²) in [4.78, 5) is 22.5. The molecule has 0 aliphatic rings. The van der Waals surface area contributed by atoms with Gasteiger partial charge in [0, 0.05) is 16.9 Å². The van der Waals surface area contributed by atoms with Crippen molar-refractivity contribution in [3.05, 3.63) is 45.0 Å². The van der Waals surface area contributed by atoms with Gasteiger partial charge in [0.2, 0.25) is 6.04 Å². The van der Waals surface area contributed by atoms with Crippen LogP contribution in [-0.2, 0) is 4.74 Å². The fourth-order valence-corrected chi connectivity index (χ4v) is 1.94. The SMILES string of the molecule is C[C@@H]([C@H](NC(=O)OC(C)(C)C)c1cccc(Cl)c1)[N+](=O)[O-]. The van der Waals surface area contributed by atoms with Crippen LogP contribution in [-0.4, -0.2) is 22.7 Å². The van der Waals surface area contributed by atoms with Crippen molar-refractivity contribution in [2.24, 2.45) is 0 Å². The number of nitrogens with zero attached hydrogens (tertiary/aromatic N) is 1. The Morgan fingerprint density at radius 3 is 2.52 bits per heavy atom. The fourth-order valence-electron chi connectivity index (χ4n) is 1.74. The number of rotatable bonds is 4. The topological polar surface area (TPSA) is 81.5 Å². The molecule has 0 aromatic heterocycles. The van der Waals surface area contributed by atoms with Gasteiger partial charge in [-0.1, -0.05) is 23.7 Å². The lowest BCUT2D eigenvalue weighted by Crippen LogP contribution is -2.41. The Hall–Kier alpha value is -1.82. The summed E-state index contributed by atoms with van der Waals surface area (Å²) < 4.78 is 5.14. The summed E-state index contributed by atoms with van der Waals surface area (Å²) in [5, 5.41) is 14.0. The molecule has 0 radical (unpaired) electrons. The van der Waals surface area contributed by atoms with E-state index in [1.807, 2.05) is 0 Å². The van der Waals surface area contributed by atoms with Crippen molar-refractivity contribution in [2.75, 3.05) is 0 Å². The molecule has 0 saturated heterocycles. The van der Waals surface area contributed by atoms with Crippen molar-refractivity contribution in [2.45, 2.75) is 45.4 Å². The Labute approximate surface area is 128 Å². The van der Waals surface area contributed by atoms with E-state index < -0.39 is 28.7 Å². The Kier molecular flexibility index (Phi) is 5.54. The first-order valence-electron chi connectivity index (χ1n) is 6.48. The molecule has 0 saturated carbocycles. The van der Waals surface area contributed by atoms with E-state index in [-0.39, 0.29) is 0 Å². The molecule has 0 aliphatic carbocycles. The first-order chi connectivity index (χ1) is 9.60. The molecular weight excluding hydrogens is 296 g/mol. The van der Waals surface area contributed by atoms with Crippen LogP contribution in [0.4, 0.5) is 4.79 Å². The summed E-state index contributed by atoms with van der Waals surface area (Å²) in [5.74, 6) is 0. The maximum absolute atomic E-state index is 11.9. The van der Waals surface area contributed by atoms with Crippen molar-refractivity contribution >= 4 is 17.7 Å². The molecule has 2 atom stereocenters. The van der Waals surface area contributed by atoms with Crippen molar-refractivity contribution in [3.63, 3.8) is 0 Å². The van der Waals surface area contributed by atoms with Crippen LogP contribution in [0.15, 0.2) is 24.3 Å². The van der Waals surface area contributed by atoms with Crippen molar-refractivity contribution < 1.29 is 14.5 Å². The predicted octanol–water partition coefficient (Wildman–Crippen LogP) is 3.57. The van der Waals surface area contributed by atoms with Crippen molar-refractivity contribution in [3.8, 4) is 0 Å². The molecule has 0 aliphatic heterocycles. The summed E-state index contributed by atoms with van der Waals surface area (Å²) >= 11 is 5.90. The summed E-state index contributed by atoms with van der Waals surface area (Å²) in [6.07, 6.45) is -0.707. The molecule has 0 unspecified atom stereocenters. The van der Waals surface area contributed by atoms with E-state index >= 15 is 0 Å². The van der Waals surface area contributed by atoms with Gasteiger partial charge < -0.3 is 10.1 Å². The third-order valence-corrected chi connectivity index (χ3v) is 2.93. The van der Waals surface area contributed by atoms with Crippen molar-refractivity contribution in [1.82, 2.24) is 5.32 Å². The van der Waals surface area contributed by atoms with Crippen LogP contribution < -0.4 is 5.32 Å². The predicted molar refractivity (Wildman–Crippen MR) is 80.0 cm³/mol. The van der Waals surface area contributed by atoms with Gasteiger partial charge in [0.1, 0.15) is 11.6 Å². The van der Waals surface area contributed by atoms with Crippen LogP contribution in [0.2, 0.25) is 5.02 Å². The third kappa shape index (κ3) is 5.59. The molecule has 0 bridgehead atoms. The second kappa shape index (κ2) is 6.76. The molecule has 0 spiro atoms. The summed E-state index contributed by atoms with van der Waals surface area (Å²) in [6.45, 7) is 6.58. The molecule has 1 amide bonds. The minimum Gasteiger partial charge on any atom is -0.444 e. The van der Waals surface area contributed by atoms with Gasteiger partial charge in [-0.15, -0.1) is 0 Å². The van der Waals surface area contributed by atoms with E-state index in [0.717, 1.165) is 0 Å². The van der Waals surface area contributed by atoms with E-state index in [2.05, 4.69) is 5.32 Å². The molecule has 21 heavy (non-hydrogen) atoms. The highest BCUT2D eigenvalue weighted by Gasteiger charge is 2.31. The number of hydrogen-bond acceptors (Lipinski definition) is 4. The zero-order valence-electron chi connectivity index (χ0n) is 12.4. The highest BCUT2D eigenvalue weighted by molar-refractivity contribution is 6.30. The Morgan fingerprint density at radius 1 is 1.43 bits per heavy atom. The van der Waals surface area contributed by atoms with Gasteiger partial charge in [0.05, 0.1) is 0 Å². The van der Waals surface area contributed by atoms with Gasteiger partial charge in [-0.05, 0) is 38.5 Å². The number of ether oxygens (including phenoxy) is 1. The van der Waals surface area contributed by atoms with Gasteiger partial charge in [-0.3, -0.25) is 10.1 Å². The lowest BCUT2D eigenvalue weighted by Gasteiger charge is -2.24. The number of hydrogen-bond donors (Lipinski definition) is 1. The lowest BCUT2D eigenvalue weighted by atomic mass is 10.0. The number of carbonyl (C=O) groups is 1. The highest BCUT2D eigenvalue weighted by Crippen LogP contribution is 2.22. The molecule has 0 fully saturated rings. The number of nitro groups is 1. The number of carbonyl (C=O) groups excluding carboxylic acids is 1. The molecule has 1 rings (SSSR count). The normalized spacial score (nSPS) is 14.1. The van der Waals surface area contributed by atoms with Gasteiger partial charge in [0.25, 0.3) is 0 Å². The number of benzene rings is 1. The number of halogens is 1. The average molecular weight is 315 g/mol. The third-order valence-electron chi connectivity index (χ3n) is 2.69. The standard InChI is InChI=1S/C14H19ClN2O4/c1-9(17(19)20)12(10-6-5-7-11(15)8-10)16-13(18)21-14(2,3)4/h5-9,12H,1-4H3,(H,16,18)/t9-,12-/m0/s1. The van der Waals surface area contributed by atoms with Crippen LogP contribution in [0, 0.1) is 10.1 Å². The number of alkyl carbamates (subject to hydrolysis) is 1. The van der Waals surface area contributed by atoms with Gasteiger partial charge in [0.15, 0.2) is 0 Å². The fraction of sp³-hybridized carbons (Fsp3) is 0.500. The van der Waals surface area contributed by atoms with E-state index in [0.29, 0.717) is 10.6 Å². The summed E-state index contributed by atoms with van der Waals surface area (Å²) in [7, 11) is 0. The van der Waals surface area contributed by atoms with Crippen LogP contribution in [0.1, 0.15) is 39.3 Å². The molecule has 7 heteroatoms. The van der Waals surface area contributed by atoms with Gasteiger partial charge in [-0.2, -0.15) is 0 Å². The van der Waals surface area contributed by atoms with E-state index in [1.165, 1.54) is 6.92 Å². The first kappa shape index (κ1) is 17.2. The van der Waals surface area contributed by atoms with Gasteiger partial charge in [-0.25, -0.2) is 4.79 Å². The minimum atomic E-state index is -1.02. The molecule has 0 heterocycles. The maximum atomic E-state index is 11.9. The lowest BCUT2D eigenvalue weighted by molar-refractivity contribution is -0.523. The Balaban J connectivity index is 2.99. The zero-order chi connectivity index (χ0) is 16.2.